The number of hydrogen-bond acceptors (Lipinski definition) is 1. The van der Waals surface area contributed by atoms with Crippen LogP contribution < -0.4 is 0 Å². The molecule has 0 atom stereocenters. The van der Waals surface area contributed by atoms with Crippen LogP contribution in [-0.4, -0.2) is 4.98 Å². The average Bonchev–Trinajstić information content (AvgIpc) is 2.01. The molecule has 12 heavy (non-hydrogen) atoms. The van der Waals surface area contributed by atoms with Crippen molar-refractivity contribution in [1.29, 1.82) is 0 Å². The Bertz CT molecular complexity index is 274. The molecule has 1 rings (SSSR count). The van der Waals surface area contributed by atoms with Gasteiger partial charge in [-0.3, -0.25) is 4.98 Å². The van der Waals surface area contributed by atoms with Crippen molar-refractivity contribution in [3.05, 3.63) is 27.5 Å². The van der Waals surface area contributed by atoms with E-state index in [1.807, 2.05) is 6.92 Å². The zero-order valence-corrected chi connectivity index (χ0v) is 9.36. The van der Waals surface area contributed by atoms with E-state index in [4.69, 9.17) is 34.8 Å². The van der Waals surface area contributed by atoms with Crippen molar-refractivity contribution in [3.63, 3.8) is 0 Å². The number of pyridine rings is 1. The molecule has 1 aromatic heterocycles. The van der Waals surface area contributed by atoms with Crippen molar-refractivity contribution >= 4 is 47.2 Å². The molecule has 0 saturated heterocycles. The van der Waals surface area contributed by atoms with Crippen LogP contribution >= 0.6 is 47.2 Å². The number of halogens is 4. The first kappa shape index (κ1) is 12.3. The molecule has 1 aromatic rings. The van der Waals surface area contributed by atoms with Crippen LogP contribution in [0.4, 0.5) is 0 Å². The summed E-state index contributed by atoms with van der Waals surface area (Å²) in [5, 5.41) is 0.999. The van der Waals surface area contributed by atoms with Gasteiger partial charge >= 0.3 is 0 Å². The molecule has 0 aliphatic rings. The molecule has 5 heteroatoms. The zero-order valence-electron chi connectivity index (χ0n) is 6.27. The van der Waals surface area contributed by atoms with Gasteiger partial charge < -0.3 is 0 Å². The van der Waals surface area contributed by atoms with Crippen LogP contribution in [0.1, 0.15) is 11.3 Å². The van der Waals surface area contributed by atoms with Gasteiger partial charge in [-0.05, 0) is 12.5 Å². The first-order valence-electron chi connectivity index (χ1n) is 3.02. The molecule has 0 aromatic carbocycles. The Hall–Kier alpha value is 0.310. The highest BCUT2D eigenvalue weighted by atomic mass is 35.5. The Kier molecular flexibility index (Phi) is 5.26. The second-order valence-corrected chi connectivity index (χ2v) is 3.17. The van der Waals surface area contributed by atoms with E-state index in [0.717, 1.165) is 5.56 Å². The van der Waals surface area contributed by atoms with Crippen LogP contribution in [0.5, 0.6) is 0 Å². The van der Waals surface area contributed by atoms with Gasteiger partial charge in [-0.25, -0.2) is 0 Å². The molecular weight excluding hydrogens is 240 g/mol. The van der Waals surface area contributed by atoms with E-state index in [1.165, 1.54) is 0 Å². The summed E-state index contributed by atoms with van der Waals surface area (Å²) < 4.78 is 0. The molecular formula is C7H7Cl4N. The molecule has 0 aliphatic carbocycles. The van der Waals surface area contributed by atoms with E-state index in [-0.39, 0.29) is 12.4 Å². The van der Waals surface area contributed by atoms with E-state index < -0.39 is 0 Å². The molecule has 1 heterocycles. The van der Waals surface area contributed by atoms with Crippen LogP contribution in [0.3, 0.4) is 0 Å². The molecule has 0 N–H and O–H groups in total. The van der Waals surface area contributed by atoms with Crippen LogP contribution in [0.2, 0.25) is 10.0 Å². The predicted molar refractivity (Wildman–Crippen MR) is 55.8 cm³/mol. The second-order valence-electron chi connectivity index (χ2n) is 2.15. The largest absolute Gasteiger partial charge is 0.258 e. The third-order valence-electron chi connectivity index (χ3n) is 1.33. The van der Waals surface area contributed by atoms with Gasteiger partial charge in [-0.2, -0.15) is 0 Å². The molecule has 0 spiro atoms. The van der Waals surface area contributed by atoms with Gasteiger partial charge in [0.2, 0.25) is 0 Å². The van der Waals surface area contributed by atoms with Gasteiger partial charge in [0.25, 0.3) is 0 Å². The Morgan fingerprint density at radius 1 is 1.33 bits per heavy atom. The van der Waals surface area contributed by atoms with Crippen molar-refractivity contribution in [2.24, 2.45) is 0 Å². The molecule has 0 aliphatic heterocycles. The SMILES string of the molecule is Cc1cnc(CCl)c(Cl)c1Cl.Cl. The number of aryl methyl sites for hydroxylation is 1. The molecule has 68 valence electrons. The van der Waals surface area contributed by atoms with Gasteiger partial charge in [0.05, 0.1) is 21.6 Å². The first-order valence-corrected chi connectivity index (χ1v) is 4.31. The van der Waals surface area contributed by atoms with E-state index in [1.54, 1.807) is 6.20 Å². The standard InChI is InChI=1S/C7H6Cl3N.ClH/c1-4-3-11-5(2-8)7(10)6(4)9;/h3H,2H2,1H3;1H. The Balaban J connectivity index is 0.00000121. The highest BCUT2D eigenvalue weighted by molar-refractivity contribution is 6.43. The minimum absolute atomic E-state index is 0. The number of hydrogen-bond donors (Lipinski definition) is 0. The van der Waals surface area contributed by atoms with Crippen LogP contribution in [0.15, 0.2) is 6.20 Å². The summed E-state index contributed by atoms with van der Waals surface area (Å²) in [6, 6.07) is 0. The predicted octanol–water partition coefficient (Wildman–Crippen LogP) is 3.86. The number of nitrogens with zero attached hydrogens (tertiary/aromatic N) is 1. The quantitative estimate of drug-likeness (QED) is 0.686. The maximum Gasteiger partial charge on any atom is 0.0822 e. The highest BCUT2D eigenvalue weighted by Gasteiger charge is 2.06. The number of rotatable bonds is 1. The Labute approximate surface area is 92.4 Å². The van der Waals surface area contributed by atoms with Crippen molar-refractivity contribution < 1.29 is 0 Å². The molecule has 0 saturated carbocycles. The fraction of sp³-hybridized carbons (Fsp3) is 0.286. The maximum absolute atomic E-state index is 5.83. The van der Waals surface area contributed by atoms with E-state index in [0.29, 0.717) is 21.6 Å². The minimum atomic E-state index is 0. The first-order chi connectivity index (χ1) is 5.16. The summed E-state index contributed by atoms with van der Waals surface area (Å²) in [5.74, 6) is 0.291. The summed E-state index contributed by atoms with van der Waals surface area (Å²) in [5.41, 5.74) is 1.49. The maximum atomic E-state index is 5.83. The third-order valence-corrected chi connectivity index (χ3v) is 2.58. The fourth-order valence-electron chi connectivity index (χ4n) is 0.681. The summed E-state index contributed by atoms with van der Waals surface area (Å²) in [4.78, 5) is 4.01. The van der Waals surface area contributed by atoms with Crippen molar-refractivity contribution in [3.8, 4) is 0 Å². The molecule has 1 nitrogen and oxygen atoms in total. The lowest BCUT2D eigenvalue weighted by molar-refractivity contribution is 1.15. The minimum Gasteiger partial charge on any atom is -0.258 e. The molecule has 0 unspecified atom stereocenters. The summed E-state index contributed by atoms with van der Waals surface area (Å²) >= 11 is 17.2. The lowest BCUT2D eigenvalue weighted by Crippen LogP contribution is -1.89. The van der Waals surface area contributed by atoms with Gasteiger partial charge in [-0.15, -0.1) is 24.0 Å². The number of aromatic nitrogens is 1. The number of alkyl halides is 1. The lowest BCUT2D eigenvalue weighted by atomic mass is 10.3. The van der Waals surface area contributed by atoms with Crippen molar-refractivity contribution in [2.75, 3.05) is 0 Å². The molecule has 0 fully saturated rings. The average molecular weight is 247 g/mol. The summed E-state index contributed by atoms with van der Waals surface area (Å²) in [6.07, 6.45) is 1.66. The van der Waals surface area contributed by atoms with Crippen LogP contribution in [0, 0.1) is 6.92 Å². The summed E-state index contributed by atoms with van der Waals surface area (Å²) in [7, 11) is 0. The Morgan fingerprint density at radius 2 is 1.92 bits per heavy atom. The third kappa shape index (κ3) is 2.40. The Morgan fingerprint density at radius 3 is 2.42 bits per heavy atom. The van der Waals surface area contributed by atoms with E-state index in [2.05, 4.69) is 4.98 Å². The molecule has 0 bridgehead atoms. The van der Waals surface area contributed by atoms with Crippen LogP contribution in [-0.2, 0) is 5.88 Å². The molecule has 0 radical (unpaired) electrons. The van der Waals surface area contributed by atoms with Gasteiger partial charge in [-0.1, -0.05) is 23.2 Å². The monoisotopic (exact) mass is 245 g/mol. The zero-order chi connectivity index (χ0) is 8.43. The topological polar surface area (TPSA) is 12.9 Å². The molecule has 0 amide bonds. The van der Waals surface area contributed by atoms with Crippen molar-refractivity contribution in [2.45, 2.75) is 12.8 Å². The highest BCUT2D eigenvalue weighted by Crippen LogP contribution is 2.27. The fourth-order valence-corrected chi connectivity index (χ4v) is 1.37. The normalized spacial score (nSPS) is 9.33. The second kappa shape index (κ2) is 5.13. The van der Waals surface area contributed by atoms with Crippen molar-refractivity contribution in [1.82, 2.24) is 4.98 Å². The van der Waals surface area contributed by atoms with Gasteiger partial charge in [0.15, 0.2) is 0 Å². The van der Waals surface area contributed by atoms with Gasteiger partial charge in [0.1, 0.15) is 0 Å². The lowest BCUT2D eigenvalue weighted by Gasteiger charge is -2.02. The van der Waals surface area contributed by atoms with E-state index >= 15 is 0 Å². The summed E-state index contributed by atoms with van der Waals surface area (Å²) in [6.45, 7) is 1.85. The smallest absolute Gasteiger partial charge is 0.0822 e. The van der Waals surface area contributed by atoms with Crippen LogP contribution in [0.25, 0.3) is 0 Å². The van der Waals surface area contributed by atoms with Gasteiger partial charge in [0, 0.05) is 6.20 Å². The van der Waals surface area contributed by atoms with E-state index in [9.17, 15) is 0 Å².